The molecule has 0 bridgehead atoms. The SMILES string of the molecule is C=CCC(=C)C=CCC. The third kappa shape index (κ3) is 5.09. The molecule has 0 heteroatoms. The van der Waals surface area contributed by atoms with Crippen molar-refractivity contribution >= 4 is 0 Å². The second-order valence-corrected chi connectivity index (χ2v) is 1.96. The highest BCUT2D eigenvalue weighted by Crippen LogP contribution is 1.99. The summed E-state index contributed by atoms with van der Waals surface area (Å²) < 4.78 is 0. The van der Waals surface area contributed by atoms with Crippen molar-refractivity contribution in [3.63, 3.8) is 0 Å². The smallest absolute Gasteiger partial charge is 0.0106 e. The third-order valence-corrected chi connectivity index (χ3v) is 0.996. The summed E-state index contributed by atoms with van der Waals surface area (Å²) in [5.41, 5.74) is 1.13. The fourth-order valence-corrected chi connectivity index (χ4v) is 0.538. The van der Waals surface area contributed by atoms with Gasteiger partial charge in [0.2, 0.25) is 0 Å². The van der Waals surface area contributed by atoms with Gasteiger partial charge in [0.1, 0.15) is 0 Å². The first-order valence-corrected chi connectivity index (χ1v) is 3.26. The van der Waals surface area contributed by atoms with Gasteiger partial charge in [-0.1, -0.05) is 37.3 Å². The van der Waals surface area contributed by atoms with Crippen LogP contribution in [0.1, 0.15) is 19.8 Å². The van der Waals surface area contributed by atoms with Gasteiger partial charge in [0, 0.05) is 0 Å². The molecule has 0 saturated heterocycles. The second-order valence-electron chi connectivity index (χ2n) is 1.96. The van der Waals surface area contributed by atoms with E-state index in [1.54, 1.807) is 0 Å². The zero-order valence-electron chi connectivity index (χ0n) is 6.06. The molecule has 0 unspecified atom stereocenters. The molecule has 0 aliphatic carbocycles. The Morgan fingerprint density at radius 2 is 2.22 bits per heavy atom. The Kier molecular flexibility index (Phi) is 4.89. The molecule has 0 N–H and O–H groups in total. The van der Waals surface area contributed by atoms with Crippen molar-refractivity contribution in [1.82, 2.24) is 0 Å². The maximum absolute atomic E-state index is 3.82. The lowest BCUT2D eigenvalue weighted by Gasteiger charge is -1.89. The van der Waals surface area contributed by atoms with Gasteiger partial charge in [0.05, 0.1) is 0 Å². The standard InChI is InChI=1S/C9H14/c1-4-6-8-9(3)7-5-2/h5-6,8H,2-4,7H2,1H3. The van der Waals surface area contributed by atoms with Crippen LogP contribution < -0.4 is 0 Å². The van der Waals surface area contributed by atoms with Crippen LogP contribution >= 0.6 is 0 Å². The Morgan fingerprint density at radius 1 is 1.56 bits per heavy atom. The molecule has 0 atom stereocenters. The molecule has 9 heavy (non-hydrogen) atoms. The van der Waals surface area contributed by atoms with E-state index < -0.39 is 0 Å². The summed E-state index contributed by atoms with van der Waals surface area (Å²) in [4.78, 5) is 0. The Labute approximate surface area is 57.6 Å². The van der Waals surface area contributed by atoms with Gasteiger partial charge in [0.25, 0.3) is 0 Å². The monoisotopic (exact) mass is 122 g/mol. The van der Waals surface area contributed by atoms with Crippen LogP contribution in [0.15, 0.2) is 37.0 Å². The van der Waals surface area contributed by atoms with Gasteiger partial charge in [-0.25, -0.2) is 0 Å². The minimum Gasteiger partial charge on any atom is -0.103 e. The summed E-state index contributed by atoms with van der Waals surface area (Å²) in [5.74, 6) is 0. The van der Waals surface area contributed by atoms with Crippen LogP contribution in [0.2, 0.25) is 0 Å². The quantitative estimate of drug-likeness (QED) is 0.397. The van der Waals surface area contributed by atoms with Crippen LogP contribution in [-0.4, -0.2) is 0 Å². The lowest BCUT2D eigenvalue weighted by Crippen LogP contribution is -1.68. The average molecular weight is 122 g/mol. The van der Waals surface area contributed by atoms with Crippen LogP contribution in [0.5, 0.6) is 0 Å². The summed E-state index contributed by atoms with van der Waals surface area (Å²) in [7, 11) is 0. The molecule has 0 spiro atoms. The molecule has 0 saturated carbocycles. The summed E-state index contributed by atoms with van der Waals surface area (Å²) in [5, 5.41) is 0. The van der Waals surface area contributed by atoms with Gasteiger partial charge in [0.15, 0.2) is 0 Å². The topological polar surface area (TPSA) is 0 Å². The zero-order valence-corrected chi connectivity index (χ0v) is 6.06. The van der Waals surface area contributed by atoms with E-state index in [0.29, 0.717) is 0 Å². The largest absolute Gasteiger partial charge is 0.103 e. The number of hydrogen-bond donors (Lipinski definition) is 0. The average Bonchev–Trinajstić information content (AvgIpc) is 1.85. The number of hydrogen-bond acceptors (Lipinski definition) is 0. The molecule has 0 radical (unpaired) electrons. The van der Waals surface area contributed by atoms with Gasteiger partial charge < -0.3 is 0 Å². The van der Waals surface area contributed by atoms with E-state index in [0.717, 1.165) is 18.4 Å². The molecule has 0 aromatic heterocycles. The van der Waals surface area contributed by atoms with Crippen molar-refractivity contribution in [2.45, 2.75) is 19.8 Å². The van der Waals surface area contributed by atoms with Crippen molar-refractivity contribution in [1.29, 1.82) is 0 Å². The van der Waals surface area contributed by atoms with E-state index in [-0.39, 0.29) is 0 Å². The van der Waals surface area contributed by atoms with Crippen LogP contribution in [-0.2, 0) is 0 Å². The Bertz CT molecular complexity index is 118. The van der Waals surface area contributed by atoms with Crippen molar-refractivity contribution in [3.8, 4) is 0 Å². The Morgan fingerprint density at radius 3 is 2.67 bits per heavy atom. The molecule has 0 aliphatic heterocycles. The Hall–Kier alpha value is -0.780. The maximum atomic E-state index is 3.82. The fourth-order valence-electron chi connectivity index (χ4n) is 0.538. The normalized spacial score (nSPS) is 9.89. The van der Waals surface area contributed by atoms with Crippen LogP contribution in [0.3, 0.4) is 0 Å². The van der Waals surface area contributed by atoms with Crippen molar-refractivity contribution in [3.05, 3.63) is 37.0 Å². The van der Waals surface area contributed by atoms with Crippen LogP contribution in [0.25, 0.3) is 0 Å². The van der Waals surface area contributed by atoms with E-state index in [4.69, 9.17) is 0 Å². The molecule has 50 valence electrons. The highest BCUT2D eigenvalue weighted by atomic mass is 13.9. The van der Waals surface area contributed by atoms with E-state index in [1.807, 2.05) is 12.2 Å². The van der Waals surface area contributed by atoms with E-state index in [2.05, 4.69) is 26.2 Å². The summed E-state index contributed by atoms with van der Waals surface area (Å²) in [6.07, 6.45) is 7.99. The van der Waals surface area contributed by atoms with Gasteiger partial charge in [-0.05, 0) is 12.8 Å². The molecular weight excluding hydrogens is 108 g/mol. The van der Waals surface area contributed by atoms with Gasteiger partial charge in [-0.2, -0.15) is 0 Å². The Balaban J connectivity index is 3.49. The molecule has 0 aromatic rings. The van der Waals surface area contributed by atoms with Gasteiger partial charge >= 0.3 is 0 Å². The lowest BCUT2D eigenvalue weighted by molar-refractivity contribution is 1.20. The molecule has 0 rings (SSSR count). The predicted molar refractivity (Wildman–Crippen MR) is 43.4 cm³/mol. The highest BCUT2D eigenvalue weighted by molar-refractivity contribution is 5.16. The molecule has 0 nitrogen and oxygen atoms in total. The van der Waals surface area contributed by atoms with Crippen molar-refractivity contribution in [2.75, 3.05) is 0 Å². The molecule has 0 aliphatic rings. The fraction of sp³-hybridized carbons (Fsp3) is 0.333. The van der Waals surface area contributed by atoms with Crippen LogP contribution in [0.4, 0.5) is 0 Å². The second kappa shape index (κ2) is 5.36. The molecular formula is C9H14. The number of allylic oxidation sites excluding steroid dienone is 4. The third-order valence-electron chi connectivity index (χ3n) is 0.996. The predicted octanol–water partition coefficient (Wildman–Crippen LogP) is 3.08. The first kappa shape index (κ1) is 8.22. The first-order chi connectivity index (χ1) is 4.31. The zero-order chi connectivity index (χ0) is 7.11. The highest BCUT2D eigenvalue weighted by Gasteiger charge is 1.79. The number of rotatable bonds is 4. The van der Waals surface area contributed by atoms with Crippen molar-refractivity contribution < 1.29 is 0 Å². The van der Waals surface area contributed by atoms with Gasteiger partial charge in [-0.3, -0.25) is 0 Å². The van der Waals surface area contributed by atoms with E-state index >= 15 is 0 Å². The summed E-state index contributed by atoms with van der Waals surface area (Å²) in [6, 6.07) is 0. The lowest BCUT2D eigenvalue weighted by atomic mass is 10.2. The minimum absolute atomic E-state index is 0.899. The van der Waals surface area contributed by atoms with E-state index in [9.17, 15) is 0 Å². The summed E-state index contributed by atoms with van der Waals surface area (Å²) in [6.45, 7) is 9.55. The first-order valence-electron chi connectivity index (χ1n) is 3.26. The maximum Gasteiger partial charge on any atom is -0.0106 e. The molecule has 0 amide bonds. The minimum atomic E-state index is 0.899. The molecule has 0 aromatic carbocycles. The molecule has 0 fully saturated rings. The van der Waals surface area contributed by atoms with Crippen molar-refractivity contribution in [2.24, 2.45) is 0 Å². The van der Waals surface area contributed by atoms with Gasteiger partial charge in [-0.15, -0.1) is 6.58 Å². The van der Waals surface area contributed by atoms with E-state index in [1.165, 1.54) is 0 Å². The summed E-state index contributed by atoms with van der Waals surface area (Å²) >= 11 is 0. The van der Waals surface area contributed by atoms with Crippen LogP contribution in [0, 0.1) is 0 Å². The molecule has 0 heterocycles.